The highest BCUT2D eigenvalue weighted by Crippen LogP contribution is 2.35. The van der Waals surface area contributed by atoms with Gasteiger partial charge in [-0.1, -0.05) is 6.07 Å². The Morgan fingerprint density at radius 2 is 2.24 bits per heavy atom. The lowest BCUT2D eigenvalue weighted by molar-refractivity contribution is -0.0421. The summed E-state index contributed by atoms with van der Waals surface area (Å²) >= 11 is 0. The lowest BCUT2D eigenvalue weighted by Crippen LogP contribution is -2.52. The molecule has 1 fully saturated rings. The summed E-state index contributed by atoms with van der Waals surface area (Å²) in [7, 11) is 3.80. The first-order valence-corrected chi connectivity index (χ1v) is 7.92. The Kier molecular flexibility index (Phi) is 4.48. The number of aryl methyl sites for hydroxylation is 1. The smallest absolute Gasteiger partial charge is 0.119 e. The van der Waals surface area contributed by atoms with E-state index >= 15 is 0 Å². The lowest BCUT2D eigenvalue weighted by Gasteiger charge is -2.44. The van der Waals surface area contributed by atoms with E-state index in [-0.39, 0.29) is 0 Å². The van der Waals surface area contributed by atoms with Crippen LogP contribution >= 0.6 is 0 Å². The highest BCUT2D eigenvalue weighted by Gasteiger charge is 2.34. The fourth-order valence-electron chi connectivity index (χ4n) is 3.79. The monoisotopic (exact) mass is 290 g/mol. The van der Waals surface area contributed by atoms with Crippen LogP contribution in [0.5, 0.6) is 5.75 Å². The Balaban J connectivity index is 1.84. The van der Waals surface area contributed by atoms with E-state index in [0.29, 0.717) is 18.2 Å². The van der Waals surface area contributed by atoms with Gasteiger partial charge < -0.3 is 14.8 Å². The van der Waals surface area contributed by atoms with E-state index in [1.54, 1.807) is 7.11 Å². The number of hydrogen-bond donors (Lipinski definition) is 1. The van der Waals surface area contributed by atoms with Crippen molar-refractivity contribution in [1.82, 2.24) is 10.2 Å². The Morgan fingerprint density at radius 3 is 2.95 bits per heavy atom. The summed E-state index contributed by atoms with van der Waals surface area (Å²) in [6.07, 6.45) is 2.66. The van der Waals surface area contributed by atoms with Crippen molar-refractivity contribution in [2.24, 2.45) is 0 Å². The molecule has 3 atom stereocenters. The average Bonchev–Trinajstić information content (AvgIpc) is 2.53. The Morgan fingerprint density at radius 1 is 1.38 bits per heavy atom. The number of hydrogen-bond acceptors (Lipinski definition) is 4. The molecule has 0 radical (unpaired) electrons. The second-order valence-electron chi connectivity index (χ2n) is 6.11. The van der Waals surface area contributed by atoms with Crippen LogP contribution in [-0.2, 0) is 11.2 Å². The molecule has 0 amide bonds. The van der Waals surface area contributed by atoms with E-state index in [1.165, 1.54) is 17.5 Å². The Hall–Kier alpha value is -1.10. The molecule has 2 aliphatic rings. The minimum absolute atomic E-state index is 0.341. The van der Waals surface area contributed by atoms with Crippen molar-refractivity contribution in [3.8, 4) is 5.75 Å². The maximum absolute atomic E-state index is 5.69. The van der Waals surface area contributed by atoms with Gasteiger partial charge in [0.15, 0.2) is 0 Å². The molecular formula is C17H26N2O2. The van der Waals surface area contributed by atoms with Gasteiger partial charge in [-0.3, -0.25) is 4.90 Å². The normalized spacial score (nSPS) is 30.0. The highest BCUT2D eigenvalue weighted by atomic mass is 16.5. The molecule has 1 aliphatic carbocycles. The Bertz CT molecular complexity index is 492. The molecule has 4 nitrogen and oxygen atoms in total. The van der Waals surface area contributed by atoms with E-state index in [4.69, 9.17) is 9.47 Å². The molecule has 0 spiro atoms. The van der Waals surface area contributed by atoms with Gasteiger partial charge in [0.2, 0.25) is 0 Å². The van der Waals surface area contributed by atoms with Gasteiger partial charge in [0, 0.05) is 25.2 Å². The second kappa shape index (κ2) is 6.34. The van der Waals surface area contributed by atoms with E-state index in [1.807, 2.05) is 0 Å². The summed E-state index contributed by atoms with van der Waals surface area (Å²) in [6.45, 7) is 5.10. The summed E-state index contributed by atoms with van der Waals surface area (Å²) in [5.74, 6) is 0.960. The van der Waals surface area contributed by atoms with Gasteiger partial charge in [-0.15, -0.1) is 0 Å². The van der Waals surface area contributed by atoms with Crippen LogP contribution in [0.4, 0.5) is 0 Å². The van der Waals surface area contributed by atoms with Crippen molar-refractivity contribution in [3.05, 3.63) is 29.3 Å². The molecule has 1 heterocycles. The van der Waals surface area contributed by atoms with Crippen LogP contribution in [0.1, 0.15) is 30.5 Å². The number of ether oxygens (including phenoxy) is 2. The topological polar surface area (TPSA) is 33.7 Å². The number of nitrogens with one attached hydrogen (secondary N) is 1. The largest absolute Gasteiger partial charge is 0.497 e. The zero-order valence-corrected chi connectivity index (χ0v) is 13.3. The molecule has 0 bridgehead atoms. The van der Waals surface area contributed by atoms with E-state index in [2.05, 4.69) is 42.4 Å². The Labute approximate surface area is 127 Å². The van der Waals surface area contributed by atoms with Crippen LogP contribution in [0.15, 0.2) is 18.2 Å². The van der Waals surface area contributed by atoms with Gasteiger partial charge in [-0.2, -0.15) is 0 Å². The summed E-state index contributed by atoms with van der Waals surface area (Å²) in [6, 6.07) is 7.45. The first-order chi connectivity index (χ1) is 10.2. The van der Waals surface area contributed by atoms with Crippen molar-refractivity contribution < 1.29 is 9.47 Å². The zero-order valence-electron chi connectivity index (χ0n) is 13.3. The fraction of sp³-hybridized carbons (Fsp3) is 0.647. The van der Waals surface area contributed by atoms with Gasteiger partial charge in [-0.25, -0.2) is 0 Å². The molecule has 21 heavy (non-hydrogen) atoms. The van der Waals surface area contributed by atoms with E-state index in [9.17, 15) is 0 Å². The van der Waals surface area contributed by atoms with Gasteiger partial charge in [0.1, 0.15) is 5.75 Å². The molecule has 3 unspecified atom stereocenters. The predicted octanol–water partition coefficient (Wildman–Crippen LogP) is 1.99. The molecule has 1 aromatic carbocycles. The average molecular weight is 290 g/mol. The first kappa shape index (κ1) is 14.8. The molecule has 1 saturated heterocycles. The maximum atomic E-state index is 5.69. The third-order valence-electron chi connectivity index (χ3n) is 4.83. The number of nitrogens with zero attached hydrogens (tertiary/aromatic N) is 1. The first-order valence-electron chi connectivity index (χ1n) is 7.92. The fourth-order valence-corrected chi connectivity index (χ4v) is 3.79. The third kappa shape index (κ3) is 2.93. The zero-order chi connectivity index (χ0) is 14.8. The van der Waals surface area contributed by atoms with E-state index < -0.39 is 0 Å². The number of morpholine rings is 1. The summed E-state index contributed by atoms with van der Waals surface area (Å²) in [4.78, 5) is 2.60. The minimum atomic E-state index is 0.341. The van der Waals surface area contributed by atoms with Crippen LogP contribution in [0.2, 0.25) is 0 Å². The number of fused-ring (bicyclic) bond motifs is 1. The van der Waals surface area contributed by atoms with Crippen molar-refractivity contribution in [2.45, 2.75) is 38.0 Å². The number of benzene rings is 1. The quantitative estimate of drug-likeness (QED) is 0.923. The standard InChI is InChI=1S/C17H26N2O2/c1-12-11-19(8-9-21-12)16-7-4-13-10-14(20-3)5-6-15(13)17(16)18-2/h5-6,10,12,16-18H,4,7-9,11H2,1-3H3. The lowest BCUT2D eigenvalue weighted by atomic mass is 9.83. The molecule has 1 N–H and O–H groups in total. The molecular weight excluding hydrogens is 264 g/mol. The molecule has 4 heteroatoms. The van der Waals surface area contributed by atoms with Crippen molar-refractivity contribution in [3.63, 3.8) is 0 Å². The molecule has 116 valence electrons. The maximum Gasteiger partial charge on any atom is 0.119 e. The SMILES string of the molecule is CNC1c2ccc(OC)cc2CCC1N1CCOC(C)C1. The summed E-state index contributed by atoms with van der Waals surface area (Å²) in [5, 5.41) is 3.54. The summed E-state index contributed by atoms with van der Waals surface area (Å²) in [5.41, 5.74) is 2.85. The predicted molar refractivity (Wildman–Crippen MR) is 83.9 cm³/mol. The van der Waals surface area contributed by atoms with Crippen molar-refractivity contribution in [2.75, 3.05) is 33.9 Å². The van der Waals surface area contributed by atoms with Gasteiger partial charge >= 0.3 is 0 Å². The molecule has 1 aromatic rings. The van der Waals surface area contributed by atoms with Crippen LogP contribution in [0.3, 0.4) is 0 Å². The molecule has 1 aliphatic heterocycles. The van der Waals surface area contributed by atoms with Gasteiger partial charge in [0.25, 0.3) is 0 Å². The second-order valence-corrected chi connectivity index (χ2v) is 6.11. The van der Waals surface area contributed by atoms with Crippen molar-refractivity contribution >= 4 is 0 Å². The molecule has 0 saturated carbocycles. The highest BCUT2D eigenvalue weighted by molar-refractivity contribution is 5.40. The van der Waals surface area contributed by atoms with Crippen molar-refractivity contribution in [1.29, 1.82) is 0 Å². The van der Waals surface area contributed by atoms with Crippen LogP contribution < -0.4 is 10.1 Å². The number of methoxy groups -OCH3 is 1. The van der Waals surface area contributed by atoms with Crippen LogP contribution in [-0.4, -0.2) is 50.9 Å². The molecule has 0 aromatic heterocycles. The number of likely N-dealkylation sites (N-methyl/N-ethyl adjacent to an activating group) is 1. The van der Waals surface area contributed by atoms with Crippen LogP contribution in [0.25, 0.3) is 0 Å². The van der Waals surface area contributed by atoms with Crippen LogP contribution in [0, 0.1) is 0 Å². The van der Waals surface area contributed by atoms with Gasteiger partial charge in [-0.05, 0) is 50.1 Å². The third-order valence-corrected chi connectivity index (χ3v) is 4.83. The van der Waals surface area contributed by atoms with E-state index in [0.717, 1.165) is 31.9 Å². The summed E-state index contributed by atoms with van der Waals surface area (Å²) < 4.78 is 11.0. The number of rotatable bonds is 3. The molecule has 3 rings (SSSR count). The van der Waals surface area contributed by atoms with Gasteiger partial charge in [0.05, 0.1) is 19.8 Å². The minimum Gasteiger partial charge on any atom is -0.497 e.